The van der Waals surface area contributed by atoms with Gasteiger partial charge in [0, 0.05) is 17.2 Å². The Hall–Kier alpha value is -2.92. The van der Waals surface area contributed by atoms with Crippen LogP contribution in [0.2, 0.25) is 0 Å². The van der Waals surface area contributed by atoms with Crippen molar-refractivity contribution < 1.29 is 14.4 Å². The monoisotopic (exact) mass is 336 g/mol. The average Bonchev–Trinajstić information content (AvgIpc) is 3.04. The van der Waals surface area contributed by atoms with Crippen LogP contribution in [-0.2, 0) is 0 Å². The number of hydrogen-bond acceptors (Lipinski definition) is 4. The summed E-state index contributed by atoms with van der Waals surface area (Å²) in [4.78, 5) is 12.1. The lowest BCUT2D eigenvalue weighted by Gasteiger charge is -2.11. The predicted octanol–water partition coefficient (Wildman–Crippen LogP) is 3.43. The largest absolute Gasteiger partial charge is 0.394 e. The van der Waals surface area contributed by atoms with Gasteiger partial charge in [0.15, 0.2) is 0 Å². The number of carbonyl (C=O) groups excluding carboxylic acids is 1. The van der Waals surface area contributed by atoms with E-state index in [9.17, 15) is 4.79 Å². The third-order valence-corrected chi connectivity index (χ3v) is 4.00. The molecule has 2 aromatic carbocycles. The van der Waals surface area contributed by atoms with E-state index in [-0.39, 0.29) is 18.6 Å². The zero-order chi connectivity index (χ0) is 17.8. The summed E-state index contributed by atoms with van der Waals surface area (Å²) in [6.07, 6.45) is 0. The molecule has 0 spiro atoms. The number of aliphatic hydroxyl groups is 1. The summed E-state index contributed by atoms with van der Waals surface area (Å²) < 4.78 is 5.39. The molecule has 0 fully saturated rings. The maximum absolute atomic E-state index is 12.1. The van der Waals surface area contributed by atoms with Crippen LogP contribution in [-0.4, -0.2) is 28.8 Å². The van der Waals surface area contributed by atoms with Crippen LogP contribution in [0.5, 0.6) is 0 Å². The van der Waals surface area contributed by atoms with Crippen molar-refractivity contribution in [3.63, 3.8) is 0 Å². The summed E-state index contributed by atoms with van der Waals surface area (Å²) in [5.74, 6) is 0.517. The standard InChI is InChI=1S/C20H20N2O3/c1-13(12-23)21-20(24)17-10-8-15(9-11-17)18-14(2)25-22-19(18)16-6-4-3-5-7-16/h3-11,13,23H,12H2,1-2H3,(H,21,24)/t13-/m1/s1. The van der Waals surface area contributed by atoms with Gasteiger partial charge in [-0.25, -0.2) is 0 Å². The zero-order valence-electron chi connectivity index (χ0n) is 14.2. The van der Waals surface area contributed by atoms with Gasteiger partial charge in [-0.1, -0.05) is 47.6 Å². The molecule has 3 aromatic rings. The van der Waals surface area contributed by atoms with E-state index in [1.165, 1.54) is 0 Å². The minimum atomic E-state index is -0.280. The van der Waals surface area contributed by atoms with E-state index in [2.05, 4.69) is 10.5 Å². The fourth-order valence-electron chi connectivity index (χ4n) is 2.65. The highest BCUT2D eigenvalue weighted by molar-refractivity contribution is 5.95. The second kappa shape index (κ2) is 7.32. The van der Waals surface area contributed by atoms with Crippen LogP contribution in [0.3, 0.4) is 0 Å². The predicted molar refractivity (Wildman–Crippen MR) is 96.1 cm³/mol. The van der Waals surface area contributed by atoms with E-state index < -0.39 is 0 Å². The van der Waals surface area contributed by atoms with Gasteiger partial charge in [0.25, 0.3) is 5.91 Å². The smallest absolute Gasteiger partial charge is 0.251 e. The van der Waals surface area contributed by atoms with E-state index in [0.29, 0.717) is 5.56 Å². The summed E-state index contributed by atoms with van der Waals surface area (Å²) in [7, 11) is 0. The molecule has 0 aliphatic carbocycles. The highest BCUT2D eigenvalue weighted by atomic mass is 16.5. The fourth-order valence-corrected chi connectivity index (χ4v) is 2.65. The molecule has 5 heteroatoms. The second-order valence-corrected chi connectivity index (χ2v) is 5.96. The van der Waals surface area contributed by atoms with E-state index in [0.717, 1.165) is 28.1 Å². The molecular weight excluding hydrogens is 316 g/mol. The van der Waals surface area contributed by atoms with Crippen molar-refractivity contribution >= 4 is 5.91 Å². The van der Waals surface area contributed by atoms with Gasteiger partial charge in [-0.05, 0) is 31.5 Å². The van der Waals surface area contributed by atoms with Crippen molar-refractivity contribution in [3.8, 4) is 22.4 Å². The van der Waals surface area contributed by atoms with Gasteiger partial charge in [-0.2, -0.15) is 0 Å². The first-order valence-electron chi connectivity index (χ1n) is 8.14. The van der Waals surface area contributed by atoms with Crippen molar-refractivity contribution in [2.45, 2.75) is 19.9 Å². The molecule has 25 heavy (non-hydrogen) atoms. The number of aliphatic hydroxyl groups excluding tert-OH is 1. The van der Waals surface area contributed by atoms with Crippen molar-refractivity contribution in [1.82, 2.24) is 10.5 Å². The van der Waals surface area contributed by atoms with E-state index in [1.807, 2.05) is 49.4 Å². The van der Waals surface area contributed by atoms with Crippen LogP contribution in [0, 0.1) is 6.92 Å². The van der Waals surface area contributed by atoms with Crippen LogP contribution in [0.25, 0.3) is 22.4 Å². The molecule has 5 nitrogen and oxygen atoms in total. The minimum Gasteiger partial charge on any atom is -0.394 e. The number of hydrogen-bond donors (Lipinski definition) is 2. The SMILES string of the molecule is Cc1onc(-c2ccccc2)c1-c1ccc(C(=O)N[C@H](C)CO)cc1. The molecule has 128 valence electrons. The van der Waals surface area contributed by atoms with Crippen LogP contribution in [0.15, 0.2) is 59.1 Å². The first-order valence-corrected chi connectivity index (χ1v) is 8.14. The van der Waals surface area contributed by atoms with E-state index in [1.54, 1.807) is 19.1 Å². The Bertz CT molecular complexity index is 854. The Labute approximate surface area is 146 Å². The number of rotatable bonds is 5. The van der Waals surface area contributed by atoms with Crippen LogP contribution in [0.4, 0.5) is 0 Å². The Kier molecular flexibility index (Phi) is 4.95. The van der Waals surface area contributed by atoms with Gasteiger partial charge >= 0.3 is 0 Å². The van der Waals surface area contributed by atoms with Gasteiger partial charge in [-0.3, -0.25) is 4.79 Å². The number of benzene rings is 2. The third-order valence-electron chi connectivity index (χ3n) is 4.00. The van der Waals surface area contributed by atoms with Crippen molar-refractivity contribution in [2.24, 2.45) is 0 Å². The molecule has 0 aliphatic rings. The average molecular weight is 336 g/mol. The Morgan fingerprint density at radius 3 is 2.44 bits per heavy atom. The zero-order valence-corrected chi connectivity index (χ0v) is 14.2. The lowest BCUT2D eigenvalue weighted by atomic mass is 9.98. The van der Waals surface area contributed by atoms with E-state index in [4.69, 9.17) is 9.63 Å². The second-order valence-electron chi connectivity index (χ2n) is 5.96. The molecule has 1 amide bonds. The first-order chi connectivity index (χ1) is 12.1. The third kappa shape index (κ3) is 3.61. The highest BCUT2D eigenvalue weighted by Gasteiger charge is 2.17. The molecule has 1 atom stereocenters. The fraction of sp³-hybridized carbons (Fsp3) is 0.200. The van der Waals surface area contributed by atoms with Crippen LogP contribution >= 0.6 is 0 Å². The number of carbonyl (C=O) groups is 1. The van der Waals surface area contributed by atoms with Gasteiger partial charge < -0.3 is 14.9 Å². The molecule has 1 heterocycles. The topological polar surface area (TPSA) is 75.4 Å². The van der Waals surface area contributed by atoms with Crippen molar-refractivity contribution in [3.05, 3.63) is 65.9 Å². The number of amides is 1. The van der Waals surface area contributed by atoms with Gasteiger partial charge in [-0.15, -0.1) is 0 Å². The maximum Gasteiger partial charge on any atom is 0.251 e. The normalized spacial score (nSPS) is 12.0. The summed E-state index contributed by atoms with van der Waals surface area (Å²) in [5, 5.41) is 16.0. The molecule has 0 aliphatic heterocycles. The molecule has 1 aromatic heterocycles. The molecule has 0 unspecified atom stereocenters. The van der Waals surface area contributed by atoms with Gasteiger partial charge in [0.1, 0.15) is 11.5 Å². The van der Waals surface area contributed by atoms with Crippen molar-refractivity contribution in [2.75, 3.05) is 6.61 Å². The lowest BCUT2D eigenvalue weighted by molar-refractivity contribution is 0.0922. The van der Waals surface area contributed by atoms with E-state index >= 15 is 0 Å². The molecule has 3 rings (SSSR count). The first kappa shape index (κ1) is 16.9. The quantitative estimate of drug-likeness (QED) is 0.748. The summed E-state index contributed by atoms with van der Waals surface area (Å²) in [5.41, 5.74) is 4.16. The molecule has 0 saturated heterocycles. The lowest BCUT2D eigenvalue weighted by Crippen LogP contribution is -2.34. The van der Waals surface area contributed by atoms with Gasteiger partial charge in [0.2, 0.25) is 0 Å². The van der Waals surface area contributed by atoms with Crippen LogP contribution < -0.4 is 5.32 Å². The Morgan fingerprint density at radius 2 is 1.80 bits per heavy atom. The summed E-state index contributed by atoms with van der Waals surface area (Å²) in [6.45, 7) is 3.53. The molecular formula is C20H20N2O3. The Balaban J connectivity index is 1.91. The number of nitrogens with one attached hydrogen (secondary N) is 1. The Morgan fingerprint density at radius 1 is 1.12 bits per heavy atom. The highest BCUT2D eigenvalue weighted by Crippen LogP contribution is 2.34. The number of aromatic nitrogens is 1. The van der Waals surface area contributed by atoms with Crippen molar-refractivity contribution in [1.29, 1.82) is 0 Å². The molecule has 0 saturated carbocycles. The number of aryl methyl sites for hydroxylation is 1. The summed E-state index contributed by atoms with van der Waals surface area (Å²) >= 11 is 0. The molecule has 0 radical (unpaired) electrons. The van der Waals surface area contributed by atoms with Gasteiger partial charge in [0.05, 0.1) is 12.2 Å². The molecule has 2 N–H and O–H groups in total. The maximum atomic E-state index is 12.1. The minimum absolute atomic E-state index is 0.0931. The summed E-state index contributed by atoms with van der Waals surface area (Å²) in [6, 6.07) is 16.8. The molecule has 0 bridgehead atoms. The number of nitrogens with zero attached hydrogens (tertiary/aromatic N) is 1. The van der Waals surface area contributed by atoms with Crippen LogP contribution in [0.1, 0.15) is 23.0 Å².